The van der Waals surface area contributed by atoms with Crippen molar-refractivity contribution in [3.8, 4) is 0 Å². The third-order valence-corrected chi connectivity index (χ3v) is 3.01. The molecule has 3 rings (SSSR count). The zero-order valence-electron chi connectivity index (χ0n) is 10.2. The summed E-state index contributed by atoms with van der Waals surface area (Å²) in [5.74, 6) is -0.487. The van der Waals surface area contributed by atoms with E-state index in [1.807, 2.05) is 24.3 Å². The van der Waals surface area contributed by atoms with Crippen LogP contribution in [0.3, 0.4) is 0 Å². The van der Waals surface area contributed by atoms with Gasteiger partial charge in [-0.1, -0.05) is 18.2 Å². The van der Waals surface area contributed by atoms with E-state index in [1.54, 1.807) is 0 Å². The number of aromatic amines is 1. The Bertz CT molecular complexity index is 832. The summed E-state index contributed by atoms with van der Waals surface area (Å²) in [5, 5.41) is 0.889. The number of para-hydroxylation sites is 1. The molecule has 0 spiro atoms. The van der Waals surface area contributed by atoms with Gasteiger partial charge in [0, 0.05) is 10.9 Å². The molecule has 0 radical (unpaired) electrons. The largest absolute Gasteiger partial charge is 0.468 e. The average Bonchev–Trinajstić information content (AvgIpc) is 2.81. The Kier molecular flexibility index (Phi) is 2.56. The van der Waals surface area contributed by atoms with Gasteiger partial charge in [0.25, 0.3) is 5.56 Å². The fourth-order valence-electron chi connectivity index (χ4n) is 2.06. The monoisotopic (exact) mass is 257 g/mol. The van der Waals surface area contributed by atoms with Crippen molar-refractivity contribution in [2.24, 2.45) is 0 Å². The van der Waals surface area contributed by atoms with Crippen LogP contribution in [0, 0.1) is 0 Å². The van der Waals surface area contributed by atoms with Gasteiger partial charge in [0.15, 0.2) is 0 Å². The standard InChI is InChI=1S/C13H11N3O3/c1-19-10(17)6-16-7-14-11-8-4-2-3-5-9(8)15-12(11)13(16)18/h2-5,7,15H,6H2,1H3. The molecule has 2 aromatic heterocycles. The molecule has 19 heavy (non-hydrogen) atoms. The molecule has 1 aromatic carbocycles. The first-order chi connectivity index (χ1) is 9.20. The molecule has 0 aliphatic heterocycles. The number of carbonyl (C=O) groups excluding carboxylic acids is 1. The van der Waals surface area contributed by atoms with E-state index in [0.29, 0.717) is 11.0 Å². The summed E-state index contributed by atoms with van der Waals surface area (Å²) in [7, 11) is 1.28. The van der Waals surface area contributed by atoms with Crippen molar-refractivity contribution in [1.29, 1.82) is 0 Å². The van der Waals surface area contributed by atoms with Gasteiger partial charge < -0.3 is 9.72 Å². The Hall–Kier alpha value is -2.63. The van der Waals surface area contributed by atoms with Crippen LogP contribution in [0.5, 0.6) is 0 Å². The zero-order valence-corrected chi connectivity index (χ0v) is 10.2. The molecule has 0 atom stereocenters. The summed E-state index contributed by atoms with van der Waals surface area (Å²) in [6.45, 7) is -0.145. The lowest BCUT2D eigenvalue weighted by atomic mass is 10.2. The minimum absolute atomic E-state index is 0.145. The molecule has 0 saturated heterocycles. The highest BCUT2D eigenvalue weighted by atomic mass is 16.5. The normalized spacial score (nSPS) is 11.0. The summed E-state index contributed by atoms with van der Waals surface area (Å²) in [5.41, 5.74) is 1.57. The van der Waals surface area contributed by atoms with Crippen LogP contribution >= 0.6 is 0 Å². The lowest BCUT2D eigenvalue weighted by Crippen LogP contribution is -2.25. The minimum Gasteiger partial charge on any atom is -0.468 e. The summed E-state index contributed by atoms with van der Waals surface area (Å²) in [6, 6.07) is 7.54. The second kappa shape index (κ2) is 4.24. The van der Waals surface area contributed by atoms with Gasteiger partial charge in [-0.2, -0.15) is 0 Å². The van der Waals surface area contributed by atoms with Crippen LogP contribution in [0.4, 0.5) is 0 Å². The van der Waals surface area contributed by atoms with Gasteiger partial charge in [-0.3, -0.25) is 14.2 Å². The van der Waals surface area contributed by atoms with Gasteiger partial charge >= 0.3 is 5.97 Å². The van der Waals surface area contributed by atoms with Crippen molar-refractivity contribution in [3.63, 3.8) is 0 Å². The molecule has 1 N–H and O–H groups in total. The number of hydrogen-bond acceptors (Lipinski definition) is 4. The first-order valence-corrected chi connectivity index (χ1v) is 5.73. The maximum absolute atomic E-state index is 12.2. The molecule has 0 aliphatic rings. The topological polar surface area (TPSA) is 77.0 Å². The molecule has 96 valence electrons. The first kappa shape index (κ1) is 11.5. The number of esters is 1. The third-order valence-electron chi connectivity index (χ3n) is 3.01. The van der Waals surface area contributed by atoms with Gasteiger partial charge in [-0.05, 0) is 6.07 Å². The maximum atomic E-state index is 12.2. The van der Waals surface area contributed by atoms with Gasteiger partial charge in [0.2, 0.25) is 0 Å². The predicted molar refractivity (Wildman–Crippen MR) is 69.9 cm³/mol. The molecule has 6 heteroatoms. The highest BCUT2D eigenvalue weighted by molar-refractivity contribution is 6.04. The fraction of sp³-hybridized carbons (Fsp3) is 0.154. The summed E-state index contributed by atoms with van der Waals surface area (Å²) < 4.78 is 5.77. The lowest BCUT2D eigenvalue weighted by Gasteiger charge is -2.02. The molecule has 0 bridgehead atoms. The number of rotatable bonds is 2. The molecular formula is C13H11N3O3. The van der Waals surface area contributed by atoms with Crippen LogP contribution in [0.2, 0.25) is 0 Å². The van der Waals surface area contributed by atoms with Crippen molar-refractivity contribution in [1.82, 2.24) is 14.5 Å². The van der Waals surface area contributed by atoms with Crippen molar-refractivity contribution in [2.75, 3.05) is 7.11 Å². The summed E-state index contributed by atoms with van der Waals surface area (Å²) in [6.07, 6.45) is 1.36. The lowest BCUT2D eigenvalue weighted by molar-refractivity contribution is -0.141. The number of ether oxygens (including phenoxy) is 1. The van der Waals surface area contributed by atoms with E-state index in [2.05, 4.69) is 14.7 Å². The first-order valence-electron chi connectivity index (χ1n) is 5.73. The minimum atomic E-state index is -0.487. The fourth-order valence-corrected chi connectivity index (χ4v) is 2.06. The highest BCUT2D eigenvalue weighted by Gasteiger charge is 2.12. The second-order valence-electron chi connectivity index (χ2n) is 4.15. The van der Waals surface area contributed by atoms with Gasteiger partial charge in [0.05, 0.1) is 13.4 Å². The molecule has 6 nitrogen and oxygen atoms in total. The van der Waals surface area contributed by atoms with Crippen LogP contribution < -0.4 is 5.56 Å². The second-order valence-corrected chi connectivity index (χ2v) is 4.15. The smallest absolute Gasteiger partial charge is 0.325 e. The zero-order chi connectivity index (χ0) is 13.4. The van der Waals surface area contributed by atoms with Crippen molar-refractivity contribution < 1.29 is 9.53 Å². The van der Waals surface area contributed by atoms with Crippen LogP contribution in [-0.4, -0.2) is 27.6 Å². The number of aromatic nitrogens is 3. The van der Waals surface area contributed by atoms with E-state index < -0.39 is 5.97 Å². The number of carbonyl (C=O) groups is 1. The quantitative estimate of drug-likeness (QED) is 0.696. The maximum Gasteiger partial charge on any atom is 0.325 e. The van der Waals surface area contributed by atoms with E-state index in [0.717, 1.165) is 10.9 Å². The van der Waals surface area contributed by atoms with Crippen molar-refractivity contribution >= 4 is 27.9 Å². The number of hydrogen-bond donors (Lipinski definition) is 1. The van der Waals surface area contributed by atoms with Gasteiger partial charge in [-0.15, -0.1) is 0 Å². The molecular weight excluding hydrogens is 246 g/mol. The number of H-pyrrole nitrogens is 1. The van der Waals surface area contributed by atoms with E-state index in [4.69, 9.17) is 0 Å². The number of nitrogens with one attached hydrogen (secondary N) is 1. The number of fused-ring (bicyclic) bond motifs is 3. The van der Waals surface area contributed by atoms with Crippen LogP contribution in [0.1, 0.15) is 0 Å². The third kappa shape index (κ3) is 1.77. The Morgan fingerprint density at radius 2 is 2.21 bits per heavy atom. The summed E-state index contributed by atoms with van der Waals surface area (Å²) in [4.78, 5) is 30.7. The van der Waals surface area contributed by atoms with Crippen LogP contribution in [0.25, 0.3) is 21.9 Å². The summed E-state index contributed by atoms with van der Waals surface area (Å²) >= 11 is 0. The van der Waals surface area contributed by atoms with Crippen LogP contribution in [0.15, 0.2) is 35.4 Å². The number of nitrogens with zero attached hydrogens (tertiary/aromatic N) is 2. The number of methoxy groups -OCH3 is 1. The molecule has 0 aliphatic carbocycles. The Labute approximate surface area is 107 Å². The highest BCUT2D eigenvalue weighted by Crippen LogP contribution is 2.20. The van der Waals surface area contributed by atoms with E-state index in [-0.39, 0.29) is 12.1 Å². The van der Waals surface area contributed by atoms with Gasteiger partial charge in [0.1, 0.15) is 17.6 Å². The SMILES string of the molecule is COC(=O)Cn1cnc2c([nH]c3ccccc32)c1=O. The predicted octanol–water partition coefficient (Wildman–Crippen LogP) is 1.05. The molecule has 0 saturated carbocycles. The molecule has 0 fully saturated rings. The Morgan fingerprint density at radius 3 is 3.00 bits per heavy atom. The van der Waals surface area contributed by atoms with Crippen molar-refractivity contribution in [3.05, 3.63) is 40.9 Å². The number of benzene rings is 1. The molecule has 0 amide bonds. The van der Waals surface area contributed by atoms with Crippen molar-refractivity contribution in [2.45, 2.75) is 6.54 Å². The van der Waals surface area contributed by atoms with Crippen LogP contribution in [-0.2, 0) is 16.1 Å². The Morgan fingerprint density at radius 1 is 1.42 bits per heavy atom. The Balaban J connectivity index is 2.25. The van der Waals surface area contributed by atoms with Gasteiger partial charge in [-0.25, -0.2) is 4.98 Å². The van der Waals surface area contributed by atoms with E-state index in [1.165, 1.54) is 18.0 Å². The molecule has 3 aromatic rings. The van der Waals surface area contributed by atoms with E-state index >= 15 is 0 Å². The average molecular weight is 257 g/mol. The van der Waals surface area contributed by atoms with E-state index in [9.17, 15) is 9.59 Å². The molecule has 0 unspecified atom stereocenters. The molecule has 2 heterocycles.